The van der Waals surface area contributed by atoms with Crippen LogP contribution >= 0.6 is 11.6 Å². The number of amides is 4. The highest BCUT2D eigenvalue weighted by molar-refractivity contribution is 6.32. The van der Waals surface area contributed by atoms with Gasteiger partial charge in [-0.3, -0.25) is 29.3 Å². The molecule has 228 valence electrons. The summed E-state index contributed by atoms with van der Waals surface area (Å²) in [5.74, 6) is -6.78. The van der Waals surface area contributed by atoms with Crippen molar-refractivity contribution in [3.05, 3.63) is 105 Å². The topological polar surface area (TPSA) is 138 Å². The fraction of sp³-hybridized carbons (Fsp3) is 0.273. The summed E-state index contributed by atoms with van der Waals surface area (Å²) in [4.78, 5) is 69.2. The van der Waals surface area contributed by atoms with Crippen LogP contribution in [0.1, 0.15) is 31.2 Å². The van der Waals surface area contributed by atoms with Gasteiger partial charge in [0.15, 0.2) is 0 Å². The van der Waals surface area contributed by atoms with Gasteiger partial charge in [-0.05, 0) is 67.6 Å². The normalized spacial score (nSPS) is 29.0. The fourth-order valence-electron chi connectivity index (χ4n) is 7.97. The van der Waals surface area contributed by atoms with E-state index in [4.69, 9.17) is 11.6 Å². The van der Waals surface area contributed by atoms with E-state index in [1.165, 1.54) is 48.5 Å². The maximum atomic E-state index is 14.4. The number of nitro groups is 1. The van der Waals surface area contributed by atoms with Crippen LogP contribution in [0.15, 0.2) is 78.4 Å². The summed E-state index contributed by atoms with van der Waals surface area (Å²) in [6.45, 7) is 1.69. The summed E-state index contributed by atoms with van der Waals surface area (Å²) in [5, 5.41) is 21.6. The minimum Gasteiger partial charge on any atom is -0.508 e. The first-order chi connectivity index (χ1) is 21.4. The number of hydrogen-bond donors (Lipinski definition) is 1. The van der Waals surface area contributed by atoms with Crippen LogP contribution in [0, 0.1) is 45.0 Å². The van der Waals surface area contributed by atoms with Crippen LogP contribution in [-0.4, -0.2) is 33.7 Å². The molecule has 4 aliphatic rings. The van der Waals surface area contributed by atoms with Gasteiger partial charge in [0, 0.05) is 18.1 Å². The summed E-state index contributed by atoms with van der Waals surface area (Å²) in [6, 6.07) is 15.3. The van der Waals surface area contributed by atoms with Crippen molar-refractivity contribution in [2.75, 3.05) is 9.80 Å². The number of hydrogen-bond acceptors (Lipinski definition) is 7. The minimum absolute atomic E-state index is 0.0491. The highest BCUT2D eigenvalue weighted by atomic mass is 35.5. The lowest BCUT2D eigenvalue weighted by molar-refractivity contribution is -0.384. The zero-order valence-corrected chi connectivity index (χ0v) is 24.5. The van der Waals surface area contributed by atoms with E-state index in [2.05, 4.69) is 0 Å². The van der Waals surface area contributed by atoms with Crippen LogP contribution in [-0.2, 0) is 19.2 Å². The second-order valence-corrected chi connectivity index (χ2v) is 12.6. The SMILES string of the molecule is C[C@@]12C(=O)N(c3ccc(F)c(Cl)c3)C(=O)[C@@H]1C[C@@H]1C(=CC[C@@H]3C(=O)N(c4cccc([N+](=O)[O-])c4)C(=O)[C@@H]31)[C@@H]2c1cccc(O)c1. The van der Waals surface area contributed by atoms with E-state index in [1.807, 2.05) is 6.08 Å². The fourth-order valence-corrected chi connectivity index (χ4v) is 8.14. The Hall–Kier alpha value is -4.90. The molecular weight excluding hydrogens is 605 g/mol. The molecule has 0 aromatic heterocycles. The molecule has 0 unspecified atom stereocenters. The molecule has 6 atom stereocenters. The summed E-state index contributed by atoms with van der Waals surface area (Å²) < 4.78 is 14.0. The van der Waals surface area contributed by atoms with Gasteiger partial charge in [-0.15, -0.1) is 0 Å². The first-order valence-corrected chi connectivity index (χ1v) is 14.8. The first-order valence-electron chi connectivity index (χ1n) is 14.4. The number of benzene rings is 3. The number of non-ortho nitro benzene ring substituents is 1. The number of phenolic OH excluding ortho intramolecular Hbond substituents is 1. The number of rotatable bonds is 4. The summed E-state index contributed by atoms with van der Waals surface area (Å²) in [6.07, 6.45) is 2.12. The van der Waals surface area contributed by atoms with E-state index >= 15 is 0 Å². The van der Waals surface area contributed by atoms with Crippen LogP contribution in [0.3, 0.4) is 0 Å². The van der Waals surface area contributed by atoms with E-state index in [-0.39, 0.29) is 40.7 Å². The molecule has 4 amide bonds. The molecule has 10 nitrogen and oxygen atoms in total. The molecule has 3 fully saturated rings. The van der Waals surface area contributed by atoms with Gasteiger partial charge in [0.25, 0.3) is 5.69 Å². The molecule has 1 saturated carbocycles. The molecular formula is C33H25ClFN3O7. The molecule has 3 aromatic carbocycles. The van der Waals surface area contributed by atoms with Crippen molar-refractivity contribution >= 4 is 52.3 Å². The van der Waals surface area contributed by atoms with Crippen molar-refractivity contribution < 1.29 is 33.6 Å². The van der Waals surface area contributed by atoms with E-state index in [1.54, 1.807) is 19.1 Å². The molecule has 7 rings (SSSR count). The number of nitrogens with zero attached hydrogens (tertiary/aromatic N) is 3. The van der Waals surface area contributed by atoms with Crippen molar-refractivity contribution in [3.63, 3.8) is 0 Å². The molecule has 12 heteroatoms. The van der Waals surface area contributed by atoms with Gasteiger partial charge in [-0.25, -0.2) is 14.2 Å². The van der Waals surface area contributed by atoms with Crippen LogP contribution in [0.5, 0.6) is 5.75 Å². The number of carbonyl (C=O) groups is 4. The third-order valence-corrected chi connectivity index (χ3v) is 10.2. The Morgan fingerprint density at radius 2 is 1.67 bits per heavy atom. The molecule has 2 aliphatic heterocycles. The Balaban J connectivity index is 1.35. The Labute approximate surface area is 260 Å². The van der Waals surface area contributed by atoms with E-state index < -0.39 is 69.4 Å². The van der Waals surface area contributed by atoms with Crippen molar-refractivity contribution in [1.82, 2.24) is 0 Å². The lowest BCUT2D eigenvalue weighted by Gasteiger charge is -2.49. The molecule has 2 saturated heterocycles. The molecule has 0 radical (unpaired) electrons. The number of fused-ring (bicyclic) bond motifs is 4. The number of allylic oxidation sites excluding steroid dienone is 2. The molecule has 2 aliphatic carbocycles. The number of anilines is 2. The second kappa shape index (κ2) is 10.1. The van der Waals surface area contributed by atoms with Gasteiger partial charge < -0.3 is 5.11 Å². The van der Waals surface area contributed by atoms with Gasteiger partial charge in [0.2, 0.25) is 23.6 Å². The third-order valence-electron chi connectivity index (χ3n) is 9.94. The number of halogens is 2. The molecule has 2 heterocycles. The standard InChI is InChI=1S/C33H25ClFN3O7/c1-33-24(30(41)37(32(33)43)18-8-11-26(35)25(34)14-18)15-23-21(28(33)16-4-2-7-20(39)12-16)9-10-22-27(23)31(42)36(29(22)40)17-5-3-6-19(13-17)38(44)45/h2-9,11-14,22-24,27-28,39H,10,15H2,1H3/t22-,23+,24-,27-,28-,33+/m0/s1. The molecule has 1 N–H and O–H groups in total. The largest absolute Gasteiger partial charge is 0.508 e. The van der Waals surface area contributed by atoms with Crippen molar-refractivity contribution in [2.24, 2.45) is 29.1 Å². The third kappa shape index (κ3) is 4.06. The number of imide groups is 2. The van der Waals surface area contributed by atoms with E-state index in [0.717, 1.165) is 15.9 Å². The second-order valence-electron chi connectivity index (χ2n) is 12.1. The summed E-state index contributed by atoms with van der Waals surface area (Å²) in [5.41, 5.74) is -0.151. The Morgan fingerprint density at radius 3 is 2.38 bits per heavy atom. The number of phenols is 1. The zero-order valence-electron chi connectivity index (χ0n) is 23.7. The van der Waals surface area contributed by atoms with Crippen molar-refractivity contribution in [2.45, 2.75) is 25.7 Å². The van der Waals surface area contributed by atoms with Crippen molar-refractivity contribution in [3.8, 4) is 5.75 Å². The number of nitro benzene ring substituents is 1. The monoisotopic (exact) mass is 629 g/mol. The van der Waals surface area contributed by atoms with Crippen LogP contribution in [0.4, 0.5) is 21.5 Å². The van der Waals surface area contributed by atoms with Crippen LogP contribution < -0.4 is 9.80 Å². The zero-order chi connectivity index (χ0) is 31.9. The van der Waals surface area contributed by atoms with E-state index in [9.17, 15) is 38.8 Å². The van der Waals surface area contributed by atoms with Crippen molar-refractivity contribution in [1.29, 1.82) is 0 Å². The van der Waals surface area contributed by atoms with Gasteiger partial charge in [0.05, 0.1) is 44.5 Å². The molecule has 0 spiro atoms. The lowest BCUT2D eigenvalue weighted by atomic mass is 9.51. The van der Waals surface area contributed by atoms with Gasteiger partial charge in [0.1, 0.15) is 11.6 Å². The lowest BCUT2D eigenvalue weighted by Crippen LogP contribution is -2.48. The predicted molar refractivity (Wildman–Crippen MR) is 160 cm³/mol. The average Bonchev–Trinajstić information content (AvgIpc) is 3.38. The molecule has 0 bridgehead atoms. The molecule has 3 aromatic rings. The van der Waals surface area contributed by atoms with Gasteiger partial charge >= 0.3 is 0 Å². The summed E-state index contributed by atoms with van der Waals surface area (Å²) >= 11 is 6.03. The summed E-state index contributed by atoms with van der Waals surface area (Å²) in [7, 11) is 0. The maximum absolute atomic E-state index is 14.4. The van der Waals surface area contributed by atoms with Gasteiger partial charge in [-0.1, -0.05) is 41.4 Å². The van der Waals surface area contributed by atoms with E-state index in [0.29, 0.717) is 11.1 Å². The Morgan fingerprint density at radius 1 is 0.933 bits per heavy atom. The maximum Gasteiger partial charge on any atom is 0.271 e. The highest BCUT2D eigenvalue weighted by Crippen LogP contribution is 2.64. The molecule has 45 heavy (non-hydrogen) atoms. The first kappa shape index (κ1) is 28.8. The van der Waals surface area contributed by atoms with Crippen LogP contribution in [0.2, 0.25) is 5.02 Å². The van der Waals surface area contributed by atoms with Gasteiger partial charge in [-0.2, -0.15) is 0 Å². The number of aromatic hydroxyl groups is 1. The quantitative estimate of drug-likeness (QED) is 0.173. The Bertz CT molecular complexity index is 1900. The Kier molecular flexibility index (Phi) is 6.45. The van der Waals surface area contributed by atoms with Crippen LogP contribution in [0.25, 0.3) is 0 Å². The highest BCUT2D eigenvalue weighted by Gasteiger charge is 2.67. The number of carbonyl (C=O) groups excluding carboxylic acids is 4. The average molecular weight is 630 g/mol. The minimum atomic E-state index is -1.35. The smallest absolute Gasteiger partial charge is 0.271 e. The predicted octanol–water partition coefficient (Wildman–Crippen LogP) is 5.53.